The lowest BCUT2D eigenvalue weighted by Gasteiger charge is -2.42. The van der Waals surface area contributed by atoms with Crippen molar-refractivity contribution in [3.05, 3.63) is 34.6 Å². The average molecular weight is 321 g/mol. The second-order valence-corrected chi connectivity index (χ2v) is 6.60. The van der Waals surface area contributed by atoms with E-state index in [2.05, 4.69) is 31.0 Å². The Hall–Kier alpha value is -0.350. The van der Waals surface area contributed by atoms with Gasteiger partial charge in [0.15, 0.2) is 0 Å². The van der Waals surface area contributed by atoms with Gasteiger partial charge in [0.25, 0.3) is 0 Å². The Morgan fingerprint density at radius 3 is 2.40 bits per heavy atom. The smallest absolute Gasteiger partial charge is 0.146 e. The number of halogens is 3. The summed E-state index contributed by atoms with van der Waals surface area (Å²) in [5.74, 6) is -0.275. The van der Waals surface area contributed by atoms with Crippen molar-refractivity contribution >= 4 is 24.0 Å². The molecule has 0 saturated carbocycles. The molecular formula is C15H23Cl2FN2. The monoisotopic (exact) mass is 320 g/mol. The average Bonchev–Trinajstić information content (AvgIpc) is 2.35. The lowest BCUT2D eigenvalue weighted by Crippen LogP contribution is -2.48. The number of hydrogen-bond donors (Lipinski definition) is 1. The van der Waals surface area contributed by atoms with E-state index in [0.29, 0.717) is 5.56 Å². The number of nitrogens with one attached hydrogen (secondary N) is 1. The van der Waals surface area contributed by atoms with Gasteiger partial charge in [-0.25, -0.2) is 4.39 Å². The van der Waals surface area contributed by atoms with Gasteiger partial charge >= 0.3 is 0 Å². The van der Waals surface area contributed by atoms with Gasteiger partial charge in [0.05, 0.1) is 5.02 Å². The van der Waals surface area contributed by atoms with Crippen molar-refractivity contribution in [1.82, 2.24) is 10.2 Å². The van der Waals surface area contributed by atoms with Crippen LogP contribution in [0.25, 0.3) is 0 Å². The van der Waals surface area contributed by atoms with E-state index in [1.54, 1.807) is 6.07 Å². The van der Waals surface area contributed by atoms with Crippen LogP contribution in [0.1, 0.15) is 32.4 Å². The standard InChI is InChI=1S/C15H22ClFN2.ClH/c1-15(2,3)14(19-9-7-18-8-10-19)11-5-4-6-12(16)13(11)17;/h4-6,14,18H,7-10H2,1-3H3;1H/t14-;/m0./s1. The molecule has 0 aliphatic carbocycles. The number of nitrogens with zero attached hydrogens (tertiary/aromatic N) is 1. The maximum atomic E-state index is 14.4. The molecule has 0 amide bonds. The van der Waals surface area contributed by atoms with Crippen LogP contribution in [-0.4, -0.2) is 31.1 Å². The van der Waals surface area contributed by atoms with Crippen LogP contribution < -0.4 is 5.32 Å². The zero-order valence-corrected chi connectivity index (χ0v) is 13.8. The Kier molecular flexibility index (Phi) is 6.26. The van der Waals surface area contributed by atoms with Crippen LogP contribution in [0.3, 0.4) is 0 Å². The molecule has 0 unspecified atom stereocenters. The minimum Gasteiger partial charge on any atom is -0.314 e. The van der Waals surface area contributed by atoms with Gasteiger partial charge in [-0.2, -0.15) is 0 Å². The van der Waals surface area contributed by atoms with Crippen molar-refractivity contribution in [2.45, 2.75) is 26.8 Å². The first-order valence-electron chi connectivity index (χ1n) is 6.80. The summed E-state index contributed by atoms with van der Waals surface area (Å²) in [7, 11) is 0. The molecule has 1 aromatic carbocycles. The first kappa shape index (κ1) is 17.7. The molecule has 1 aliphatic rings. The number of benzene rings is 1. The summed E-state index contributed by atoms with van der Waals surface area (Å²) < 4.78 is 14.4. The third-order valence-corrected chi connectivity index (χ3v) is 3.91. The van der Waals surface area contributed by atoms with Crippen LogP contribution in [0.5, 0.6) is 0 Å². The van der Waals surface area contributed by atoms with Crippen LogP contribution in [-0.2, 0) is 0 Å². The van der Waals surface area contributed by atoms with Gasteiger partial charge < -0.3 is 5.32 Å². The summed E-state index contributed by atoms with van der Waals surface area (Å²) >= 11 is 5.94. The summed E-state index contributed by atoms with van der Waals surface area (Å²) in [5.41, 5.74) is 0.671. The zero-order chi connectivity index (χ0) is 14.0. The molecule has 1 saturated heterocycles. The number of rotatable bonds is 2. The third kappa shape index (κ3) is 3.85. The fraction of sp³-hybridized carbons (Fsp3) is 0.600. The normalized spacial score (nSPS) is 18.4. The first-order chi connectivity index (χ1) is 8.91. The minimum absolute atomic E-state index is 0. The Balaban J connectivity index is 0.00000200. The molecular weight excluding hydrogens is 298 g/mol. The number of piperazine rings is 1. The molecule has 1 fully saturated rings. The molecule has 5 heteroatoms. The highest BCUT2D eigenvalue weighted by Gasteiger charge is 2.34. The molecule has 0 radical (unpaired) electrons. The lowest BCUT2D eigenvalue weighted by molar-refractivity contribution is 0.0835. The van der Waals surface area contributed by atoms with E-state index in [-0.39, 0.29) is 34.7 Å². The van der Waals surface area contributed by atoms with Crippen molar-refractivity contribution in [3.63, 3.8) is 0 Å². The Morgan fingerprint density at radius 2 is 1.85 bits per heavy atom. The fourth-order valence-corrected chi connectivity index (χ4v) is 3.06. The summed E-state index contributed by atoms with van der Waals surface area (Å²) in [6, 6.07) is 5.35. The van der Waals surface area contributed by atoms with Crippen molar-refractivity contribution in [2.75, 3.05) is 26.2 Å². The zero-order valence-electron chi connectivity index (χ0n) is 12.2. The third-order valence-electron chi connectivity index (χ3n) is 3.61. The van der Waals surface area contributed by atoms with Crippen molar-refractivity contribution in [2.24, 2.45) is 5.41 Å². The van der Waals surface area contributed by atoms with E-state index in [0.717, 1.165) is 26.2 Å². The first-order valence-corrected chi connectivity index (χ1v) is 7.18. The van der Waals surface area contributed by atoms with Gasteiger partial charge in [0, 0.05) is 37.8 Å². The van der Waals surface area contributed by atoms with Crippen LogP contribution in [0.4, 0.5) is 4.39 Å². The van der Waals surface area contributed by atoms with Gasteiger partial charge in [0.2, 0.25) is 0 Å². The van der Waals surface area contributed by atoms with Gasteiger partial charge in [-0.3, -0.25) is 4.90 Å². The number of hydrogen-bond acceptors (Lipinski definition) is 2. The van der Waals surface area contributed by atoms with Crippen LogP contribution >= 0.6 is 24.0 Å². The largest absolute Gasteiger partial charge is 0.314 e. The molecule has 2 rings (SSSR count). The van der Waals surface area contributed by atoms with E-state index < -0.39 is 0 Å². The molecule has 1 atom stereocenters. The van der Waals surface area contributed by atoms with Crippen LogP contribution in [0, 0.1) is 11.2 Å². The van der Waals surface area contributed by atoms with E-state index in [9.17, 15) is 4.39 Å². The van der Waals surface area contributed by atoms with E-state index in [1.807, 2.05) is 12.1 Å². The Bertz CT molecular complexity index is 440. The maximum Gasteiger partial charge on any atom is 0.146 e. The van der Waals surface area contributed by atoms with Gasteiger partial charge in [-0.15, -0.1) is 12.4 Å². The van der Waals surface area contributed by atoms with Crippen LogP contribution in [0.15, 0.2) is 18.2 Å². The second-order valence-electron chi connectivity index (χ2n) is 6.20. The topological polar surface area (TPSA) is 15.3 Å². The molecule has 1 aromatic rings. The van der Waals surface area contributed by atoms with E-state index >= 15 is 0 Å². The molecule has 1 N–H and O–H groups in total. The van der Waals surface area contributed by atoms with Gasteiger partial charge in [-0.1, -0.05) is 44.5 Å². The highest BCUT2D eigenvalue weighted by atomic mass is 35.5. The molecule has 0 aromatic heterocycles. The fourth-order valence-electron chi connectivity index (χ4n) is 2.88. The highest BCUT2D eigenvalue weighted by molar-refractivity contribution is 6.30. The van der Waals surface area contributed by atoms with E-state index in [1.165, 1.54) is 0 Å². The SMILES string of the molecule is CC(C)(C)[C@H](c1cccc(Cl)c1F)N1CCNCC1.Cl. The van der Waals surface area contributed by atoms with Crippen LogP contribution in [0.2, 0.25) is 5.02 Å². The summed E-state index contributed by atoms with van der Waals surface area (Å²) in [6.07, 6.45) is 0. The molecule has 0 bridgehead atoms. The summed E-state index contributed by atoms with van der Waals surface area (Å²) in [5, 5.41) is 3.55. The summed E-state index contributed by atoms with van der Waals surface area (Å²) in [4.78, 5) is 2.35. The highest BCUT2D eigenvalue weighted by Crippen LogP contribution is 2.40. The molecule has 20 heavy (non-hydrogen) atoms. The van der Waals surface area contributed by atoms with E-state index in [4.69, 9.17) is 11.6 Å². The van der Waals surface area contributed by atoms with Crippen molar-refractivity contribution in [3.8, 4) is 0 Å². The van der Waals surface area contributed by atoms with Gasteiger partial charge in [-0.05, 0) is 11.5 Å². The van der Waals surface area contributed by atoms with Gasteiger partial charge in [0.1, 0.15) is 5.82 Å². The maximum absolute atomic E-state index is 14.4. The second kappa shape index (κ2) is 7.08. The summed E-state index contributed by atoms with van der Waals surface area (Å²) in [6.45, 7) is 10.2. The lowest BCUT2D eigenvalue weighted by atomic mass is 9.80. The van der Waals surface area contributed by atoms with Crippen molar-refractivity contribution in [1.29, 1.82) is 0 Å². The Morgan fingerprint density at radius 1 is 1.25 bits per heavy atom. The predicted octanol–water partition coefficient (Wildman–Crippen LogP) is 3.89. The molecule has 1 aliphatic heterocycles. The Labute approximate surface area is 132 Å². The molecule has 0 spiro atoms. The molecule has 2 nitrogen and oxygen atoms in total. The quantitative estimate of drug-likeness (QED) is 0.889. The predicted molar refractivity (Wildman–Crippen MR) is 85.3 cm³/mol. The van der Waals surface area contributed by atoms with Crippen molar-refractivity contribution < 1.29 is 4.39 Å². The minimum atomic E-state index is -0.275. The molecule has 1 heterocycles. The molecule has 114 valence electrons.